The summed E-state index contributed by atoms with van der Waals surface area (Å²) in [6.45, 7) is 5.94. The lowest BCUT2D eigenvalue weighted by atomic mass is 9.83. The molecule has 1 aromatic rings. The molecule has 2 saturated carbocycles. The molecule has 2 unspecified atom stereocenters. The standard InChI is InChI=1S/C28H44N6O3/c1-19-21(9-10-25(29)33-19)18-34(12-5-8-22-15-28(22,34)27(30)36)26(35)24(14-20-6-3-2-4-7-20)32-17-23-16-31-11-13-37-23/h9-10,20,22-24,31-32H,2-8,11-18H2,1H3,(H3-,29,30,33,36)/p+1/t22-,23?,24-,28+,34?/m1/s1. The van der Waals surface area contributed by atoms with E-state index < -0.39 is 5.54 Å². The number of primary amides is 1. The summed E-state index contributed by atoms with van der Waals surface area (Å²) in [6, 6.07) is 3.42. The zero-order valence-corrected chi connectivity index (χ0v) is 22.3. The van der Waals surface area contributed by atoms with Crippen LogP contribution in [0.4, 0.5) is 5.82 Å². The van der Waals surface area contributed by atoms with Crippen molar-refractivity contribution in [2.45, 2.75) is 88.9 Å². The Morgan fingerprint density at radius 2 is 2.05 bits per heavy atom. The highest BCUT2D eigenvalue weighted by Gasteiger charge is 2.76. The van der Waals surface area contributed by atoms with Crippen LogP contribution in [0.2, 0.25) is 0 Å². The zero-order valence-electron chi connectivity index (χ0n) is 22.3. The summed E-state index contributed by atoms with van der Waals surface area (Å²) in [5.74, 6) is 0.940. The maximum atomic E-state index is 14.9. The number of nitrogens with two attached hydrogens (primary N) is 2. The number of aryl methyl sites for hydroxylation is 1. The van der Waals surface area contributed by atoms with Gasteiger partial charge in [0.1, 0.15) is 18.4 Å². The average Bonchev–Trinajstić information content (AvgIpc) is 3.66. The third kappa shape index (κ3) is 5.15. The highest BCUT2D eigenvalue weighted by atomic mass is 16.5. The first kappa shape index (κ1) is 26.5. The van der Waals surface area contributed by atoms with Crippen molar-refractivity contribution < 1.29 is 18.8 Å². The Morgan fingerprint density at radius 3 is 2.76 bits per heavy atom. The number of ether oxygens (including phenoxy) is 1. The van der Waals surface area contributed by atoms with Crippen LogP contribution < -0.4 is 22.1 Å². The molecule has 3 heterocycles. The monoisotopic (exact) mass is 513 g/mol. The van der Waals surface area contributed by atoms with Gasteiger partial charge in [-0.2, -0.15) is 0 Å². The molecule has 9 nitrogen and oxygen atoms in total. The van der Waals surface area contributed by atoms with E-state index in [-0.39, 0.29) is 34.4 Å². The number of quaternary nitrogens is 1. The van der Waals surface area contributed by atoms with E-state index in [1.54, 1.807) is 6.07 Å². The number of likely N-dealkylation sites (tertiary alicyclic amines) is 1. The van der Waals surface area contributed by atoms with Crippen molar-refractivity contribution in [1.29, 1.82) is 0 Å². The molecule has 37 heavy (non-hydrogen) atoms. The Balaban J connectivity index is 1.48. The van der Waals surface area contributed by atoms with Gasteiger partial charge in [-0.1, -0.05) is 32.1 Å². The van der Waals surface area contributed by atoms with E-state index in [4.69, 9.17) is 16.2 Å². The van der Waals surface area contributed by atoms with E-state index in [1.165, 1.54) is 19.3 Å². The number of hydrogen-bond donors (Lipinski definition) is 4. The Bertz CT molecular complexity index is 992. The number of rotatable bonds is 9. The fourth-order valence-electron chi connectivity index (χ4n) is 7.52. The van der Waals surface area contributed by atoms with Gasteiger partial charge >= 0.3 is 5.91 Å². The molecule has 0 radical (unpaired) electrons. The molecule has 9 heteroatoms. The predicted molar refractivity (Wildman–Crippen MR) is 142 cm³/mol. The number of amides is 2. The molecule has 0 bridgehead atoms. The second kappa shape index (κ2) is 11.0. The summed E-state index contributed by atoms with van der Waals surface area (Å²) in [7, 11) is 0. The fourth-order valence-corrected chi connectivity index (χ4v) is 7.52. The summed E-state index contributed by atoms with van der Waals surface area (Å²) in [5, 5.41) is 7.03. The molecule has 5 atom stereocenters. The van der Waals surface area contributed by atoms with Crippen molar-refractivity contribution in [3.63, 3.8) is 0 Å². The van der Waals surface area contributed by atoms with Crippen molar-refractivity contribution in [1.82, 2.24) is 15.6 Å². The number of piperidine rings is 1. The first-order valence-corrected chi connectivity index (χ1v) is 14.3. The molecule has 1 aromatic heterocycles. The van der Waals surface area contributed by atoms with Gasteiger partial charge in [-0.15, -0.1) is 0 Å². The molecular formula is C28H45N6O3+. The van der Waals surface area contributed by atoms with Gasteiger partial charge in [-0.25, -0.2) is 14.3 Å². The number of pyridine rings is 1. The minimum Gasteiger partial charge on any atom is -0.384 e. The van der Waals surface area contributed by atoms with Crippen LogP contribution >= 0.6 is 0 Å². The van der Waals surface area contributed by atoms with E-state index in [0.717, 1.165) is 56.5 Å². The smallest absolute Gasteiger partial charge is 0.331 e. The van der Waals surface area contributed by atoms with Gasteiger partial charge in [-0.05, 0) is 44.2 Å². The highest BCUT2D eigenvalue weighted by molar-refractivity contribution is 5.91. The number of nitrogens with one attached hydrogen (secondary N) is 2. The van der Waals surface area contributed by atoms with E-state index in [0.29, 0.717) is 44.4 Å². The number of carbonyl (C=O) groups excluding carboxylic acids is 2. The normalized spacial score (nSPS) is 32.9. The van der Waals surface area contributed by atoms with Crippen LogP contribution in [0, 0.1) is 18.8 Å². The molecule has 0 aromatic carbocycles. The SMILES string of the molecule is Cc1nc(N)ccc1C[N+]1(C(=O)[C@@H](CC2CCCCC2)NCC2CNCCO2)CCC[C@@H]2C[C@@]21C(N)=O. The van der Waals surface area contributed by atoms with Gasteiger partial charge in [0.25, 0.3) is 5.91 Å². The third-order valence-corrected chi connectivity index (χ3v) is 9.62. The number of nitrogens with zero attached hydrogens (tertiary/aromatic N) is 2. The van der Waals surface area contributed by atoms with Crippen molar-refractivity contribution in [2.24, 2.45) is 17.6 Å². The van der Waals surface area contributed by atoms with Crippen molar-refractivity contribution >= 4 is 17.6 Å². The van der Waals surface area contributed by atoms with E-state index in [2.05, 4.69) is 15.6 Å². The minimum absolute atomic E-state index is 0.0347. The Morgan fingerprint density at radius 1 is 1.24 bits per heavy atom. The zero-order chi connectivity index (χ0) is 26.0. The first-order chi connectivity index (χ1) is 17.9. The average molecular weight is 514 g/mol. The molecule has 2 aliphatic carbocycles. The fraction of sp³-hybridized carbons (Fsp3) is 0.750. The van der Waals surface area contributed by atoms with Crippen molar-refractivity contribution in [3.8, 4) is 0 Å². The summed E-state index contributed by atoms with van der Waals surface area (Å²) < 4.78 is 6.05. The number of anilines is 1. The molecule has 2 amide bonds. The van der Waals surface area contributed by atoms with Gasteiger partial charge in [0.15, 0.2) is 5.54 Å². The second-order valence-corrected chi connectivity index (χ2v) is 11.9. The van der Waals surface area contributed by atoms with Crippen LogP contribution in [0.25, 0.3) is 0 Å². The quantitative estimate of drug-likeness (QED) is 0.370. The van der Waals surface area contributed by atoms with Crippen LogP contribution in [0.15, 0.2) is 12.1 Å². The van der Waals surface area contributed by atoms with E-state index in [1.807, 2.05) is 13.0 Å². The molecular weight excluding hydrogens is 468 g/mol. The van der Waals surface area contributed by atoms with Gasteiger partial charge in [0, 0.05) is 43.2 Å². The van der Waals surface area contributed by atoms with Crippen LogP contribution in [-0.2, 0) is 20.9 Å². The van der Waals surface area contributed by atoms with Crippen molar-refractivity contribution in [2.75, 3.05) is 38.5 Å². The van der Waals surface area contributed by atoms with Crippen LogP contribution in [0.1, 0.15) is 69.0 Å². The number of morpholine rings is 1. The molecule has 2 aliphatic heterocycles. The molecule has 6 N–H and O–H groups in total. The highest BCUT2D eigenvalue weighted by Crippen LogP contribution is 2.59. The minimum atomic E-state index is -0.821. The molecule has 4 fully saturated rings. The van der Waals surface area contributed by atoms with E-state index in [9.17, 15) is 9.59 Å². The largest absolute Gasteiger partial charge is 0.384 e. The number of carbonyl (C=O) groups is 2. The van der Waals surface area contributed by atoms with E-state index >= 15 is 0 Å². The third-order valence-electron chi connectivity index (χ3n) is 9.62. The maximum Gasteiger partial charge on any atom is 0.331 e. The summed E-state index contributed by atoms with van der Waals surface area (Å²) >= 11 is 0. The van der Waals surface area contributed by atoms with Crippen LogP contribution in [0.5, 0.6) is 0 Å². The van der Waals surface area contributed by atoms with Crippen LogP contribution in [-0.4, -0.2) is 71.8 Å². The summed E-state index contributed by atoms with van der Waals surface area (Å²) in [4.78, 5) is 32.5. The van der Waals surface area contributed by atoms with Gasteiger partial charge in [-0.3, -0.25) is 10.1 Å². The molecule has 2 saturated heterocycles. The number of hydrogen-bond acceptors (Lipinski definition) is 7. The number of nitrogen functional groups attached to an aromatic ring is 1. The first-order valence-electron chi connectivity index (χ1n) is 14.3. The second-order valence-electron chi connectivity index (χ2n) is 11.9. The predicted octanol–water partition coefficient (Wildman–Crippen LogP) is 1.77. The maximum absolute atomic E-state index is 14.9. The topological polar surface area (TPSA) is 132 Å². The molecule has 0 spiro atoms. The number of aromatic nitrogens is 1. The Kier molecular flexibility index (Phi) is 7.86. The summed E-state index contributed by atoms with van der Waals surface area (Å²) in [6.07, 6.45) is 9.46. The van der Waals surface area contributed by atoms with Crippen LogP contribution in [0.3, 0.4) is 0 Å². The van der Waals surface area contributed by atoms with Crippen molar-refractivity contribution in [3.05, 3.63) is 23.4 Å². The molecule has 4 aliphatic rings. The molecule has 204 valence electrons. The summed E-state index contributed by atoms with van der Waals surface area (Å²) in [5.41, 5.74) is 13.1. The lowest BCUT2D eigenvalue weighted by Crippen LogP contribution is -2.71. The Labute approximate surface area is 220 Å². The van der Waals surface area contributed by atoms with Gasteiger partial charge in [0.05, 0.1) is 19.3 Å². The number of fused-ring (bicyclic) bond motifs is 1. The van der Waals surface area contributed by atoms with Gasteiger partial charge < -0.3 is 21.5 Å². The lowest BCUT2D eigenvalue weighted by Gasteiger charge is -2.47. The Hall–Kier alpha value is -2.07. The van der Waals surface area contributed by atoms with Gasteiger partial charge in [0.2, 0.25) is 0 Å². The molecule has 5 rings (SSSR count). The lowest BCUT2D eigenvalue weighted by molar-refractivity contribution is -0.900.